The average Bonchev–Trinajstić information content (AvgIpc) is 2.96. The van der Waals surface area contributed by atoms with E-state index < -0.39 is 0 Å². The summed E-state index contributed by atoms with van der Waals surface area (Å²) in [6.07, 6.45) is 7.43. The van der Waals surface area contributed by atoms with Crippen LogP contribution in [0.1, 0.15) is 58.8 Å². The maximum atomic E-state index is 11.8. The molecule has 0 atom stereocenters. The van der Waals surface area contributed by atoms with Gasteiger partial charge in [0.1, 0.15) is 0 Å². The van der Waals surface area contributed by atoms with Gasteiger partial charge in [-0.1, -0.05) is 62.1 Å². The molecule has 0 saturated heterocycles. The van der Waals surface area contributed by atoms with Crippen LogP contribution in [0.25, 0.3) is 0 Å². The molecule has 0 aromatic carbocycles. The standard InChI is InChI=1S/C15H25N3O3S2/c1-3-5-6-7-8-9-10-12(19)16-14-17-18-15(23-14)22-11-13(20)21-4-2/h3-11H2,1-2H3,(H,16,17,19). The Balaban J connectivity index is 2.19. The van der Waals surface area contributed by atoms with Gasteiger partial charge in [0.25, 0.3) is 0 Å². The molecule has 0 saturated carbocycles. The Bertz CT molecular complexity index is 480. The Kier molecular flexibility index (Phi) is 10.6. The highest BCUT2D eigenvalue weighted by molar-refractivity contribution is 8.01. The van der Waals surface area contributed by atoms with E-state index in [9.17, 15) is 9.59 Å². The maximum Gasteiger partial charge on any atom is 0.316 e. The number of hydrogen-bond acceptors (Lipinski definition) is 7. The molecule has 0 bridgehead atoms. The summed E-state index contributed by atoms with van der Waals surface area (Å²) in [4.78, 5) is 23.1. The monoisotopic (exact) mass is 359 g/mol. The summed E-state index contributed by atoms with van der Waals surface area (Å²) >= 11 is 2.54. The predicted octanol–water partition coefficient (Wildman–Crippen LogP) is 3.88. The van der Waals surface area contributed by atoms with Gasteiger partial charge in [-0.3, -0.25) is 9.59 Å². The van der Waals surface area contributed by atoms with Crippen LogP contribution in [0.2, 0.25) is 0 Å². The summed E-state index contributed by atoms with van der Waals surface area (Å²) in [5.74, 6) is -0.103. The second-order valence-electron chi connectivity index (χ2n) is 5.03. The Morgan fingerprint density at radius 1 is 1.13 bits per heavy atom. The molecule has 0 aliphatic heterocycles. The Morgan fingerprint density at radius 2 is 1.87 bits per heavy atom. The lowest BCUT2D eigenvalue weighted by atomic mass is 10.1. The number of anilines is 1. The predicted molar refractivity (Wildman–Crippen MR) is 93.9 cm³/mol. The molecular weight excluding hydrogens is 334 g/mol. The zero-order valence-corrected chi connectivity index (χ0v) is 15.4. The molecule has 0 fully saturated rings. The van der Waals surface area contributed by atoms with E-state index in [4.69, 9.17) is 4.74 Å². The van der Waals surface area contributed by atoms with Crippen LogP contribution in [-0.2, 0) is 14.3 Å². The normalized spacial score (nSPS) is 10.5. The van der Waals surface area contributed by atoms with E-state index in [0.717, 1.165) is 12.8 Å². The number of rotatable bonds is 12. The molecule has 1 aromatic heterocycles. The van der Waals surface area contributed by atoms with Crippen LogP contribution in [0, 0.1) is 0 Å². The summed E-state index contributed by atoms with van der Waals surface area (Å²) in [5, 5.41) is 11.1. The first-order valence-corrected chi connectivity index (χ1v) is 9.87. The molecule has 0 spiro atoms. The number of esters is 1. The minimum absolute atomic E-state index is 0.0291. The molecule has 0 unspecified atom stereocenters. The quantitative estimate of drug-likeness (QED) is 0.264. The fourth-order valence-corrected chi connectivity index (χ4v) is 3.46. The maximum absolute atomic E-state index is 11.8. The van der Waals surface area contributed by atoms with Gasteiger partial charge in [0.2, 0.25) is 11.0 Å². The van der Waals surface area contributed by atoms with Crippen molar-refractivity contribution in [1.29, 1.82) is 0 Å². The van der Waals surface area contributed by atoms with Gasteiger partial charge in [-0.15, -0.1) is 10.2 Å². The van der Waals surface area contributed by atoms with E-state index in [2.05, 4.69) is 22.4 Å². The minimum atomic E-state index is -0.277. The fourth-order valence-electron chi connectivity index (χ4n) is 1.89. The zero-order valence-electron chi connectivity index (χ0n) is 13.8. The summed E-state index contributed by atoms with van der Waals surface area (Å²) in [7, 11) is 0. The van der Waals surface area contributed by atoms with Gasteiger partial charge in [0, 0.05) is 6.42 Å². The van der Waals surface area contributed by atoms with Crippen LogP contribution in [0.5, 0.6) is 0 Å². The lowest BCUT2D eigenvalue weighted by Crippen LogP contribution is -2.10. The number of unbranched alkanes of at least 4 members (excludes halogenated alkanes) is 5. The van der Waals surface area contributed by atoms with Gasteiger partial charge < -0.3 is 10.1 Å². The van der Waals surface area contributed by atoms with Crippen molar-refractivity contribution in [3.63, 3.8) is 0 Å². The molecule has 1 heterocycles. The van der Waals surface area contributed by atoms with Crippen LogP contribution in [0.3, 0.4) is 0 Å². The number of amides is 1. The third kappa shape index (κ3) is 9.55. The third-order valence-electron chi connectivity index (χ3n) is 3.03. The topological polar surface area (TPSA) is 81.2 Å². The summed E-state index contributed by atoms with van der Waals surface area (Å²) < 4.78 is 5.49. The van der Waals surface area contributed by atoms with Crippen molar-refractivity contribution in [2.75, 3.05) is 17.7 Å². The first-order chi connectivity index (χ1) is 11.2. The molecule has 130 valence electrons. The second kappa shape index (κ2) is 12.3. The van der Waals surface area contributed by atoms with Gasteiger partial charge in [-0.05, 0) is 13.3 Å². The van der Waals surface area contributed by atoms with Crippen molar-refractivity contribution < 1.29 is 14.3 Å². The van der Waals surface area contributed by atoms with E-state index in [1.807, 2.05) is 0 Å². The molecule has 8 heteroatoms. The Labute approximate surface area is 145 Å². The molecule has 0 aliphatic carbocycles. The smallest absolute Gasteiger partial charge is 0.316 e. The average molecular weight is 360 g/mol. The number of carbonyl (C=O) groups excluding carboxylic acids is 2. The van der Waals surface area contributed by atoms with Gasteiger partial charge in [-0.2, -0.15) is 0 Å². The largest absolute Gasteiger partial charge is 0.465 e. The highest BCUT2D eigenvalue weighted by Crippen LogP contribution is 2.25. The van der Waals surface area contributed by atoms with Gasteiger partial charge in [-0.25, -0.2) is 0 Å². The molecule has 23 heavy (non-hydrogen) atoms. The number of nitrogens with zero attached hydrogens (tertiary/aromatic N) is 2. The van der Waals surface area contributed by atoms with Crippen molar-refractivity contribution in [2.24, 2.45) is 0 Å². The lowest BCUT2D eigenvalue weighted by Gasteiger charge is -2.01. The number of aromatic nitrogens is 2. The molecule has 1 rings (SSSR count). The molecule has 0 aliphatic rings. The lowest BCUT2D eigenvalue weighted by molar-refractivity contribution is -0.139. The summed E-state index contributed by atoms with van der Waals surface area (Å²) in [5.41, 5.74) is 0. The fraction of sp³-hybridized carbons (Fsp3) is 0.733. The van der Waals surface area contributed by atoms with Crippen LogP contribution in [0.4, 0.5) is 5.13 Å². The summed E-state index contributed by atoms with van der Waals surface area (Å²) in [6.45, 7) is 4.33. The molecule has 1 N–H and O–H groups in total. The number of nitrogens with one attached hydrogen (secondary N) is 1. The number of hydrogen-bond donors (Lipinski definition) is 1. The Morgan fingerprint density at radius 3 is 2.61 bits per heavy atom. The third-order valence-corrected chi connectivity index (χ3v) is 4.97. The molecule has 0 radical (unpaired) electrons. The van der Waals surface area contributed by atoms with E-state index in [1.165, 1.54) is 48.8 Å². The van der Waals surface area contributed by atoms with Crippen LogP contribution in [0.15, 0.2) is 4.34 Å². The van der Waals surface area contributed by atoms with Crippen molar-refractivity contribution in [3.05, 3.63) is 0 Å². The van der Waals surface area contributed by atoms with E-state index in [1.54, 1.807) is 6.92 Å². The van der Waals surface area contributed by atoms with E-state index in [0.29, 0.717) is 22.5 Å². The Hall–Kier alpha value is -1.15. The highest BCUT2D eigenvalue weighted by atomic mass is 32.2. The SMILES string of the molecule is CCCCCCCCC(=O)Nc1nnc(SCC(=O)OCC)s1. The van der Waals surface area contributed by atoms with Gasteiger partial charge in [0.05, 0.1) is 12.4 Å². The van der Waals surface area contributed by atoms with E-state index in [-0.39, 0.29) is 17.6 Å². The van der Waals surface area contributed by atoms with Crippen molar-refractivity contribution in [2.45, 2.75) is 63.1 Å². The van der Waals surface area contributed by atoms with Gasteiger partial charge >= 0.3 is 5.97 Å². The zero-order chi connectivity index (χ0) is 16.9. The second-order valence-corrected chi connectivity index (χ2v) is 7.23. The first kappa shape index (κ1) is 19.9. The number of carbonyl (C=O) groups is 2. The molecule has 1 amide bonds. The van der Waals surface area contributed by atoms with Crippen molar-refractivity contribution in [3.8, 4) is 0 Å². The van der Waals surface area contributed by atoms with Crippen LogP contribution in [-0.4, -0.2) is 34.4 Å². The molecule has 1 aromatic rings. The number of thioether (sulfide) groups is 1. The van der Waals surface area contributed by atoms with Crippen molar-refractivity contribution in [1.82, 2.24) is 10.2 Å². The van der Waals surface area contributed by atoms with Crippen LogP contribution < -0.4 is 5.32 Å². The number of ether oxygens (including phenoxy) is 1. The summed E-state index contributed by atoms with van der Waals surface area (Å²) in [6, 6.07) is 0. The van der Waals surface area contributed by atoms with Crippen molar-refractivity contribution >= 4 is 40.1 Å². The van der Waals surface area contributed by atoms with E-state index >= 15 is 0 Å². The van der Waals surface area contributed by atoms with Gasteiger partial charge in [0.15, 0.2) is 4.34 Å². The highest BCUT2D eigenvalue weighted by Gasteiger charge is 2.10. The minimum Gasteiger partial charge on any atom is -0.465 e. The van der Waals surface area contributed by atoms with Crippen LogP contribution >= 0.6 is 23.1 Å². The first-order valence-electron chi connectivity index (χ1n) is 8.07. The molecular formula is C15H25N3O3S2. The molecule has 6 nitrogen and oxygen atoms in total.